The van der Waals surface area contributed by atoms with Crippen LogP contribution in [-0.4, -0.2) is 22.6 Å². The van der Waals surface area contributed by atoms with Crippen LogP contribution in [0.25, 0.3) is 0 Å². The number of esters is 1. The summed E-state index contributed by atoms with van der Waals surface area (Å²) in [5.41, 5.74) is 0.321. The predicted molar refractivity (Wildman–Crippen MR) is 79.0 cm³/mol. The quantitative estimate of drug-likeness (QED) is 0.488. The molecule has 22 heavy (non-hydrogen) atoms. The predicted octanol–water partition coefficient (Wildman–Crippen LogP) is 1.90. The van der Waals surface area contributed by atoms with Gasteiger partial charge in [-0.05, 0) is 18.1 Å². The SMILES string of the molecule is COC(=O)c1cc([N+](=O)[O-])c(=O)n(Cc2ccccc2C)c1. The standard InChI is InChI=1S/C15H14N2O5/c1-10-5-3-4-6-11(10)8-16-9-12(15(19)22-2)7-13(14(16)18)17(20)21/h3-7,9H,8H2,1-2H3. The van der Waals surface area contributed by atoms with Gasteiger partial charge < -0.3 is 9.30 Å². The van der Waals surface area contributed by atoms with E-state index in [9.17, 15) is 19.7 Å². The topological polar surface area (TPSA) is 91.4 Å². The van der Waals surface area contributed by atoms with Crippen LogP contribution >= 0.6 is 0 Å². The molecule has 0 bridgehead atoms. The van der Waals surface area contributed by atoms with E-state index in [-0.39, 0.29) is 12.1 Å². The molecule has 7 nitrogen and oxygen atoms in total. The number of aromatic nitrogens is 1. The lowest BCUT2D eigenvalue weighted by atomic mass is 10.1. The maximum atomic E-state index is 12.2. The Balaban J connectivity index is 2.57. The number of pyridine rings is 1. The summed E-state index contributed by atoms with van der Waals surface area (Å²) in [4.78, 5) is 34.0. The number of benzene rings is 1. The fourth-order valence-electron chi connectivity index (χ4n) is 2.07. The lowest BCUT2D eigenvalue weighted by molar-refractivity contribution is -0.386. The van der Waals surface area contributed by atoms with Crippen LogP contribution in [0, 0.1) is 17.0 Å². The average Bonchev–Trinajstić information content (AvgIpc) is 2.50. The van der Waals surface area contributed by atoms with Gasteiger partial charge in [0.25, 0.3) is 0 Å². The largest absolute Gasteiger partial charge is 0.465 e. The third kappa shape index (κ3) is 3.03. The number of hydrogen-bond donors (Lipinski definition) is 0. The Labute approximate surface area is 125 Å². The minimum absolute atomic E-state index is 0.0395. The van der Waals surface area contributed by atoms with Gasteiger partial charge in [-0.25, -0.2) is 4.79 Å². The number of ether oxygens (including phenoxy) is 1. The minimum Gasteiger partial charge on any atom is -0.465 e. The van der Waals surface area contributed by atoms with E-state index in [0.717, 1.165) is 21.8 Å². The number of nitrogens with zero attached hydrogens (tertiary/aromatic N) is 2. The van der Waals surface area contributed by atoms with Gasteiger partial charge in [-0.15, -0.1) is 0 Å². The van der Waals surface area contributed by atoms with E-state index in [4.69, 9.17) is 0 Å². The van der Waals surface area contributed by atoms with Crippen LogP contribution in [-0.2, 0) is 11.3 Å². The molecule has 0 saturated carbocycles. The third-order valence-corrected chi connectivity index (χ3v) is 3.29. The molecule has 0 atom stereocenters. The summed E-state index contributed by atoms with van der Waals surface area (Å²) >= 11 is 0. The van der Waals surface area contributed by atoms with Crippen molar-refractivity contribution >= 4 is 11.7 Å². The van der Waals surface area contributed by atoms with Crippen LogP contribution in [0.15, 0.2) is 41.3 Å². The Morgan fingerprint density at radius 2 is 2.05 bits per heavy atom. The van der Waals surface area contributed by atoms with Gasteiger partial charge in [-0.3, -0.25) is 14.9 Å². The van der Waals surface area contributed by atoms with Crippen LogP contribution in [0.1, 0.15) is 21.5 Å². The number of carbonyl (C=O) groups excluding carboxylic acids is 1. The van der Waals surface area contributed by atoms with Crippen LogP contribution in [0.4, 0.5) is 5.69 Å². The highest BCUT2D eigenvalue weighted by Gasteiger charge is 2.20. The summed E-state index contributed by atoms with van der Waals surface area (Å²) in [6.07, 6.45) is 1.27. The number of hydrogen-bond acceptors (Lipinski definition) is 5. The van der Waals surface area contributed by atoms with E-state index in [2.05, 4.69) is 4.74 Å². The monoisotopic (exact) mass is 302 g/mol. The Kier molecular flexibility index (Phi) is 4.36. The van der Waals surface area contributed by atoms with E-state index >= 15 is 0 Å². The van der Waals surface area contributed by atoms with Crippen molar-refractivity contribution in [2.45, 2.75) is 13.5 Å². The van der Waals surface area contributed by atoms with E-state index < -0.39 is 22.1 Å². The molecule has 0 N–H and O–H groups in total. The zero-order valence-corrected chi connectivity index (χ0v) is 12.1. The minimum atomic E-state index is -0.802. The number of aryl methyl sites for hydroxylation is 1. The summed E-state index contributed by atoms with van der Waals surface area (Å²) in [6, 6.07) is 8.29. The zero-order valence-electron chi connectivity index (χ0n) is 12.1. The molecule has 0 aliphatic carbocycles. The Morgan fingerprint density at radius 3 is 2.64 bits per heavy atom. The molecule has 0 spiro atoms. The van der Waals surface area contributed by atoms with Gasteiger partial charge in [0.15, 0.2) is 0 Å². The van der Waals surface area contributed by atoms with Crippen molar-refractivity contribution in [1.82, 2.24) is 4.57 Å². The van der Waals surface area contributed by atoms with Crippen molar-refractivity contribution in [3.63, 3.8) is 0 Å². The molecule has 114 valence electrons. The average molecular weight is 302 g/mol. The fraction of sp³-hybridized carbons (Fsp3) is 0.200. The molecule has 1 aromatic heterocycles. The molecule has 0 saturated heterocycles. The van der Waals surface area contributed by atoms with Gasteiger partial charge >= 0.3 is 17.2 Å². The lowest BCUT2D eigenvalue weighted by Gasteiger charge is -2.10. The van der Waals surface area contributed by atoms with E-state index in [1.54, 1.807) is 0 Å². The Morgan fingerprint density at radius 1 is 1.36 bits per heavy atom. The lowest BCUT2D eigenvalue weighted by Crippen LogP contribution is -2.25. The summed E-state index contributed by atoms with van der Waals surface area (Å²) in [5.74, 6) is -0.735. The maximum absolute atomic E-state index is 12.2. The van der Waals surface area contributed by atoms with Gasteiger partial charge in [0.05, 0.1) is 24.1 Å². The first-order chi connectivity index (χ1) is 10.4. The summed E-state index contributed by atoms with van der Waals surface area (Å²) in [5, 5.41) is 11.0. The summed E-state index contributed by atoms with van der Waals surface area (Å²) < 4.78 is 5.71. The first kappa shape index (κ1) is 15.4. The van der Waals surface area contributed by atoms with E-state index in [0.29, 0.717) is 0 Å². The van der Waals surface area contributed by atoms with E-state index in [1.165, 1.54) is 13.3 Å². The highest BCUT2D eigenvalue weighted by molar-refractivity contribution is 5.89. The van der Waals surface area contributed by atoms with Crippen molar-refractivity contribution in [1.29, 1.82) is 0 Å². The van der Waals surface area contributed by atoms with Crippen molar-refractivity contribution in [2.75, 3.05) is 7.11 Å². The first-order valence-corrected chi connectivity index (χ1v) is 6.45. The molecule has 2 rings (SSSR count). The molecule has 2 aromatic rings. The fourth-order valence-corrected chi connectivity index (χ4v) is 2.07. The van der Waals surface area contributed by atoms with Crippen LogP contribution < -0.4 is 5.56 Å². The first-order valence-electron chi connectivity index (χ1n) is 6.45. The number of methoxy groups -OCH3 is 1. The van der Waals surface area contributed by atoms with Gasteiger partial charge in [-0.2, -0.15) is 0 Å². The Bertz CT molecular complexity index is 795. The molecule has 0 fully saturated rings. The van der Waals surface area contributed by atoms with Crippen molar-refractivity contribution in [2.24, 2.45) is 0 Å². The zero-order chi connectivity index (χ0) is 16.3. The highest BCUT2D eigenvalue weighted by Crippen LogP contribution is 2.13. The van der Waals surface area contributed by atoms with Gasteiger partial charge in [0, 0.05) is 12.3 Å². The molecule has 0 radical (unpaired) electrons. The normalized spacial score (nSPS) is 10.3. The maximum Gasteiger partial charge on any atom is 0.339 e. The second kappa shape index (κ2) is 6.21. The van der Waals surface area contributed by atoms with Gasteiger partial charge in [-0.1, -0.05) is 24.3 Å². The smallest absolute Gasteiger partial charge is 0.339 e. The van der Waals surface area contributed by atoms with Crippen LogP contribution in [0.2, 0.25) is 0 Å². The van der Waals surface area contributed by atoms with Crippen LogP contribution in [0.5, 0.6) is 0 Å². The van der Waals surface area contributed by atoms with Crippen molar-refractivity contribution in [3.05, 3.63) is 73.7 Å². The molecule has 0 aliphatic rings. The molecular formula is C15H14N2O5. The van der Waals surface area contributed by atoms with Crippen molar-refractivity contribution < 1.29 is 14.5 Å². The molecular weight excluding hydrogens is 288 g/mol. The molecule has 0 amide bonds. The second-order valence-corrected chi connectivity index (χ2v) is 4.72. The number of nitro groups is 1. The van der Waals surface area contributed by atoms with Crippen molar-refractivity contribution in [3.8, 4) is 0 Å². The summed E-state index contributed by atoms with van der Waals surface area (Å²) in [7, 11) is 1.17. The molecule has 0 aliphatic heterocycles. The van der Waals surface area contributed by atoms with Gasteiger partial charge in [0.1, 0.15) is 0 Å². The second-order valence-electron chi connectivity index (χ2n) is 4.72. The Hall–Kier alpha value is -2.96. The summed E-state index contributed by atoms with van der Waals surface area (Å²) in [6.45, 7) is 2.01. The molecule has 7 heteroatoms. The third-order valence-electron chi connectivity index (χ3n) is 3.29. The van der Waals surface area contributed by atoms with Crippen LogP contribution in [0.3, 0.4) is 0 Å². The van der Waals surface area contributed by atoms with Gasteiger partial charge in [0.2, 0.25) is 0 Å². The highest BCUT2D eigenvalue weighted by atomic mass is 16.6. The van der Waals surface area contributed by atoms with E-state index in [1.807, 2.05) is 31.2 Å². The number of carbonyl (C=O) groups is 1. The molecule has 1 aromatic carbocycles. The number of rotatable bonds is 4. The molecule has 1 heterocycles. The molecule has 0 unspecified atom stereocenters.